The van der Waals surface area contributed by atoms with Crippen molar-refractivity contribution >= 4 is 28.8 Å². The van der Waals surface area contributed by atoms with Gasteiger partial charge in [-0.05, 0) is 42.8 Å². The molecule has 0 saturated carbocycles. The van der Waals surface area contributed by atoms with Gasteiger partial charge in [0.25, 0.3) is 0 Å². The first-order chi connectivity index (χ1) is 12.9. The first kappa shape index (κ1) is 17.1. The summed E-state index contributed by atoms with van der Waals surface area (Å²) in [6.07, 6.45) is 1.55. The summed E-state index contributed by atoms with van der Waals surface area (Å²) in [5, 5.41) is 0. The van der Waals surface area contributed by atoms with E-state index in [2.05, 4.69) is 19.9 Å². The lowest BCUT2D eigenvalue weighted by molar-refractivity contribution is -0.137. The van der Waals surface area contributed by atoms with Crippen molar-refractivity contribution in [2.45, 2.75) is 13.1 Å². The summed E-state index contributed by atoms with van der Waals surface area (Å²) in [6.45, 7) is 2.14. The predicted molar refractivity (Wildman–Crippen MR) is 97.2 cm³/mol. The first-order valence-corrected chi connectivity index (χ1v) is 8.16. The van der Waals surface area contributed by atoms with Crippen LogP contribution in [-0.2, 0) is 6.18 Å². The fraction of sp³-hybridized carbons (Fsp3) is 0.158. The Bertz CT molecular complexity index is 1050. The predicted octanol–water partition coefficient (Wildman–Crippen LogP) is 4.32. The smallest absolute Gasteiger partial charge is 0.305 e. The number of hydrogen-bond acceptors (Lipinski definition) is 5. The van der Waals surface area contributed by atoms with E-state index < -0.39 is 11.7 Å². The summed E-state index contributed by atoms with van der Waals surface area (Å²) in [5.74, 6) is 0.385. The third kappa shape index (κ3) is 3.25. The Balaban J connectivity index is 1.77. The molecule has 4 rings (SSSR count). The normalized spacial score (nSPS) is 14.9. The summed E-state index contributed by atoms with van der Waals surface area (Å²) in [4.78, 5) is 18.8. The molecule has 0 aliphatic carbocycles. The molecule has 0 radical (unpaired) electrons. The van der Waals surface area contributed by atoms with Gasteiger partial charge in [-0.1, -0.05) is 0 Å². The number of pyridine rings is 3. The molecule has 0 bridgehead atoms. The molecule has 3 aromatic rings. The van der Waals surface area contributed by atoms with Crippen molar-refractivity contribution < 1.29 is 13.2 Å². The van der Waals surface area contributed by atoms with Crippen LogP contribution < -0.4 is 4.90 Å². The SMILES string of the molecule is CC1=C(c2cnc3cccnc3c2)N(c2ccc(C(F)(F)F)cn2)CN=C1. The van der Waals surface area contributed by atoms with E-state index in [9.17, 15) is 13.2 Å². The van der Waals surface area contributed by atoms with Crippen LogP contribution in [0.1, 0.15) is 18.1 Å². The summed E-state index contributed by atoms with van der Waals surface area (Å²) >= 11 is 0. The molecule has 0 saturated heterocycles. The molecule has 5 nitrogen and oxygen atoms in total. The van der Waals surface area contributed by atoms with Gasteiger partial charge in [0.1, 0.15) is 12.5 Å². The molecule has 0 unspecified atom stereocenters. The Kier molecular flexibility index (Phi) is 4.10. The number of rotatable bonds is 2. The molecule has 3 aromatic heterocycles. The Morgan fingerprint density at radius 2 is 1.85 bits per heavy atom. The number of anilines is 1. The zero-order valence-electron chi connectivity index (χ0n) is 14.3. The van der Waals surface area contributed by atoms with Gasteiger partial charge in [-0.3, -0.25) is 15.0 Å². The molecule has 0 amide bonds. The molecule has 1 aliphatic rings. The minimum absolute atomic E-state index is 0.255. The van der Waals surface area contributed by atoms with Crippen LogP contribution in [0.3, 0.4) is 0 Å². The molecule has 4 heterocycles. The number of fused-ring (bicyclic) bond motifs is 1. The van der Waals surface area contributed by atoms with Crippen LogP contribution in [0.25, 0.3) is 16.7 Å². The van der Waals surface area contributed by atoms with E-state index in [1.165, 1.54) is 6.07 Å². The average Bonchev–Trinajstić information content (AvgIpc) is 2.67. The summed E-state index contributed by atoms with van der Waals surface area (Å²) in [6, 6.07) is 7.95. The van der Waals surface area contributed by atoms with Gasteiger partial charge >= 0.3 is 6.18 Å². The average molecular weight is 369 g/mol. The number of aromatic nitrogens is 3. The molecule has 136 valence electrons. The van der Waals surface area contributed by atoms with Gasteiger partial charge in [0.2, 0.25) is 0 Å². The molecule has 1 aliphatic heterocycles. The van der Waals surface area contributed by atoms with Crippen molar-refractivity contribution in [2.24, 2.45) is 4.99 Å². The van der Waals surface area contributed by atoms with E-state index in [1.807, 2.05) is 25.1 Å². The summed E-state index contributed by atoms with van der Waals surface area (Å²) < 4.78 is 38.4. The Hall–Kier alpha value is -3.29. The van der Waals surface area contributed by atoms with E-state index in [0.29, 0.717) is 5.82 Å². The monoisotopic (exact) mass is 369 g/mol. The second kappa shape index (κ2) is 6.46. The van der Waals surface area contributed by atoms with Crippen LogP contribution in [-0.4, -0.2) is 27.8 Å². The maximum Gasteiger partial charge on any atom is 0.417 e. The number of aliphatic imine (C=N–C) groups is 1. The van der Waals surface area contributed by atoms with Gasteiger partial charge in [-0.15, -0.1) is 0 Å². The van der Waals surface area contributed by atoms with Crippen LogP contribution in [0.5, 0.6) is 0 Å². The van der Waals surface area contributed by atoms with E-state index in [1.54, 1.807) is 23.5 Å². The second-order valence-electron chi connectivity index (χ2n) is 6.08. The maximum atomic E-state index is 12.8. The third-order valence-electron chi connectivity index (χ3n) is 4.23. The van der Waals surface area contributed by atoms with Crippen LogP contribution in [0.4, 0.5) is 19.0 Å². The molecule has 8 heteroatoms. The molecular formula is C19H14F3N5. The number of halogens is 3. The Labute approximate surface area is 152 Å². The van der Waals surface area contributed by atoms with Crippen LogP contribution in [0.15, 0.2) is 59.5 Å². The molecule has 0 aromatic carbocycles. The van der Waals surface area contributed by atoms with E-state index in [4.69, 9.17) is 0 Å². The lowest BCUT2D eigenvalue weighted by Gasteiger charge is -2.29. The highest BCUT2D eigenvalue weighted by Gasteiger charge is 2.31. The quantitative estimate of drug-likeness (QED) is 0.675. The van der Waals surface area contributed by atoms with E-state index >= 15 is 0 Å². The number of alkyl halides is 3. The van der Waals surface area contributed by atoms with Crippen molar-refractivity contribution in [3.05, 3.63) is 65.6 Å². The number of hydrogen-bond donors (Lipinski definition) is 0. The fourth-order valence-electron chi connectivity index (χ4n) is 2.97. The van der Waals surface area contributed by atoms with Crippen LogP contribution in [0.2, 0.25) is 0 Å². The van der Waals surface area contributed by atoms with Gasteiger partial charge in [0, 0.05) is 30.4 Å². The first-order valence-electron chi connectivity index (χ1n) is 8.16. The summed E-state index contributed by atoms with van der Waals surface area (Å²) in [7, 11) is 0. The van der Waals surface area contributed by atoms with Crippen molar-refractivity contribution in [3.63, 3.8) is 0 Å². The molecule has 0 N–H and O–H groups in total. The van der Waals surface area contributed by atoms with Crippen LogP contribution in [0, 0.1) is 0 Å². The number of allylic oxidation sites excluding steroid dienone is 1. The maximum absolute atomic E-state index is 12.8. The molecule has 0 spiro atoms. The minimum Gasteiger partial charge on any atom is -0.305 e. The third-order valence-corrected chi connectivity index (χ3v) is 4.23. The Morgan fingerprint density at radius 3 is 2.59 bits per heavy atom. The van der Waals surface area contributed by atoms with Crippen molar-refractivity contribution in [3.8, 4) is 0 Å². The van der Waals surface area contributed by atoms with Gasteiger partial charge < -0.3 is 4.90 Å². The minimum atomic E-state index is -4.42. The van der Waals surface area contributed by atoms with Gasteiger partial charge in [-0.25, -0.2) is 4.98 Å². The molecule has 27 heavy (non-hydrogen) atoms. The molecule has 0 fully saturated rings. The van der Waals surface area contributed by atoms with Crippen molar-refractivity contribution in [1.82, 2.24) is 15.0 Å². The fourth-order valence-corrected chi connectivity index (χ4v) is 2.97. The standard InChI is InChI=1S/C19H14F3N5/c1-12-8-23-11-27(17-5-4-14(10-26-17)19(20,21)22)18(12)13-7-16-15(25-9-13)3-2-6-24-16/h2-10H,11H2,1H3. The highest BCUT2D eigenvalue weighted by Crippen LogP contribution is 2.33. The topological polar surface area (TPSA) is 54.3 Å². The van der Waals surface area contributed by atoms with Gasteiger partial charge in [0.05, 0.1) is 22.3 Å². The zero-order valence-corrected chi connectivity index (χ0v) is 14.3. The Morgan fingerprint density at radius 1 is 1.00 bits per heavy atom. The van der Waals surface area contributed by atoms with Crippen LogP contribution >= 0.6 is 0 Å². The largest absolute Gasteiger partial charge is 0.417 e. The van der Waals surface area contributed by atoms with E-state index in [-0.39, 0.29) is 6.67 Å². The second-order valence-corrected chi connectivity index (χ2v) is 6.08. The molecular weight excluding hydrogens is 355 g/mol. The van der Waals surface area contributed by atoms with Gasteiger partial charge in [-0.2, -0.15) is 13.2 Å². The highest BCUT2D eigenvalue weighted by atomic mass is 19.4. The molecule has 0 atom stereocenters. The van der Waals surface area contributed by atoms with Crippen molar-refractivity contribution in [2.75, 3.05) is 11.6 Å². The lowest BCUT2D eigenvalue weighted by atomic mass is 10.1. The highest BCUT2D eigenvalue weighted by molar-refractivity contribution is 5.97. The van der Waals surface area contributed by atoms with E-state index in [0.717, 1.165) is 40.1 Å². The zero-order chi connectivity index (χ0) is 19.0. The lowest BCUT2D eigenvalue weighted by Crippen LogP contribution is -2.27. The summed E-state index contributed by atoms with van der Waals surface area (Å²) in [5.41, 5.74) is 3.16. The van der Waals surface area contributed by atoms with Gasteiger partial charge in [0.15, 0.2) is 0 Å². The van der Waals surface area contributed by atoms with Crippen molar-refractivity contribution in [1.29, 1.82) is 0 Å². The number of nitrogens with zero attached hydrogens (tertiary/aromatic N) is 5.